The van der Waals surface area contributed by atoms with Crippen molar-refractivity contribution in [1.29, 1.82) is 0 Å². The van der Waals surface area contributed by atoms with Crippen molar-refractivity contribution < 1.29 is 14.3 Å². The molecule has 1 heterocycles. The fraction of sp³-hybridized carbons (Fsp3) is 0.850. The van der Waals surface area contributed by atoms with Crippen LogP contribution < -0.4 is 0 Å². The normalized spacial score (nSPS) is 47.9. The molecule has 126 valence electrons. The Labute approximate surface area is 138 Å². The number of rotatable bonds is 0. The summed E-state index contributed by atoms with van der Waals surface area (Å²) in [5, 5.41) is 0. The Bertz CT molecular complexity index is 559. The summed E-state index contributed by atoms with van der Waals surface area (Å²) in [6, 6.07) is 0. The van der Waals surface area contributed by atoms with Gasteiger partial charge in [-0.15, -0.1) is 0 Å². The average molecular weight is 316 g/mol. The number of carbonyl (C=O) groups excluding carboxylic acids is 1. The molecule has 5 atom stereocenters. The zero-order chi connectivity index (χ0) is 15.7. The number of ketones is 1. The van der Waals surface area contributed by atoms with Crippen molar-refractivity contribution in [3.63, 3.8) is 0 Å². The summed E-state index contributed by atoms with van der Waals surface area (Å²) < 4.78 is 12.4. The van der Waals surface area contributed by atoms with Gasteiger partial charge in [-0.05, 0) is 68.3 Å². The topological polar surface area (TPSA) is 35.5 Å². The summed E-state index contributed by atoms with van der Waals surface area (Å²) in [6.07, 6.45) is 11.2. The van der Waals surface area contributed by atoms with E-state index in [0.29, 0.717) is 11.7 Å². The minimum atomic E-state index is -0.277. The van der Waals surface area contributed by atoms with E-state index in [4.69, 9.17) is 9.47 Å². The highest BCUT2D eigenvalue weighted by atomic mass is 16.7. The van der Waals surface area contributed by atoms with Crippen LogP contribution in [0.3, 0.4) is 0 Å². The standard InChI is InChI=1S/C20H28O3/c1-19-8-6-16-15-5-3-14(21)12-13(15)2-4-17(16)18(19)7-9-20(19)22-10-11-23-20/h12,15-18H,2-11H2,1H3. The molecule has 0 N–H and O–H groups in total. The maximum atomic E-state index is 11.8. The molecular weight excluding hydrogens is 288 g/mol. The Morgan fingerprint density at radius 2 is 1.83 bits per heavy atom. The van der Waals surface area contributed by atoms with E-state index in [1.807, 2.05) is 6.08 Å². The molecule has 1 spiro atoms. The summed E-state index contributed by atoms with van der Waals surface area (Å²) in [5.74, 6) is 3.15. The van der Waals surface area contributed by atoms with Crippen molar-refractivity contribution in [2.24, 2.45) is 29.1 Å². The third-order valence-electron chi connectivity index (χ3n) is 8.10. The van der Waals surface area contributed by atoms with Gasteiger partial charge in [0.1, 0.15) is 0 Å². The van der Waals surface area contributed by atoms with E-state index in [9.17, 15) is 4.79 Å². The lowest BCUT2D eigenvalue weighted by atomic mass is 9.51. The maximum absolute atomic E-state index is 11.8. The van der Waals surface area contributed by atoms with Gasteiger partial charge in [-0.1, -0.05) is 12.5 Å². The molecule has 3 nitrogen and oxygen atoms in total. The molecule has 0 aromatic rings. The first-order valence-electron chi connectivity index (χ1n) is 9.64. The molecule has 0 bridgehead atoms. The number of fused-ring (bicyclic) bond motifs is 6. The van der Waals surface area contributed by atoms with Crippen LogP contribution >= 0.6 is 0 Å². The Kier molecular flexibility index (Phi) is 3.13. The third-order valence-corrected chi connectivity index (χ3v) is 8.10. The van der Waals surface area contributed by atoms with Crippen LogP contribution in [0.25, 0.3) is 0 Å². The molecule has 0 aromatic carbocycles. The number of ether oxygens (including phenoxy) is 2. The van der Waals surface area contributed by atoms with E-state index in [0.717, 1.165) is 56.7 Å². The smallest absolute Gasteiger partial charge is 0.174 e. The molecule has 5 unspecified atom stereocenters. The van der Waals surface area contributed by atoms with Crippen molar-refractivity contribution in [3.05, 3.63) is 11.6 Å². The van der Waals surface area contributed by atoms with Gasteiger partial charge in [-0.25, -0.2) is 0 Å². The van der Waals surface area contributed by atoms with Crippen molar-refractivity contribution in [2.45, 2.75) is 64.1 Å². The average Bonchev–Trinajstić information content (AvgIpc) is 3.14. The molecule has 3 heteroatoms. The predicted octanol–water partition coefficient (Wildman–Crippen LogP) is 3.87. The first-order chi connectivity index (χ1) is 11.1. The van der Waals surface area contributed by atoms with E-state index in [-0.39, 0.29) is 11.2 Å². The summed E-state index contributed by atoms with van der Waals surface area (Å²) in [4.78, 5) is 11.8. The van der Waals surface area contributed by atoms with Gasteiger partial charge >= 0.3 is 0 Å². The Morgan fingerprint density at radius 3 is 2.65 bits per heavy atom. The van der Waals surface area contributed by atoms with E-state index < -0.39 is 0 Å². The van der Waals surface area contributed by atoms with Gasteiger partial charge in [0.2, 0.25) is 0 Å². The van der Waals surface area contributed by atoms with Crippen LogP contribution in [0.15, 0.2) is 11.6 Å². The van der Waals surface area contributed by atoms with Crippen LogP contribution in [0.1, 0.15) is 58.3 Å². The largest absolute Gasteiger partial charge is 0.347 e. The molecule has 3 saturated carbocycles. The number of hydrogen-bond donors (Lipinski definition) is 0. The van der Waals surface area contributed by atoms with E-state index in [1.54, 1.807) is 0 Å². The summed E-state index contributed by atoms with van der Waals surface area (Å²) in [7, 11) is 0. The summed E-state index contributed by atoms with van der Waals surface area (Å²) in [5.41, 5.74) is 1.68. The summed E-state index contributed by atoms with van der Waals surface area (Å²) >= 11 is 0. The maximum Gasteiger partial charge on any atom is 0.174 e. The van der Waals surface area contributed by atoms with Gasteiger partial charge in [0.25, 0.3) is 0 Å². The highest BCUT2D eigenvalue weighted by Crippen LogP contribution is 2.66. The van der Waals surface area contributed by atoms with Gasteiger partial charge in [-0.2, -0.15) is 0 Å². The highest BCUT2D eigenvalue weighted by molar-refractivity contribution is 5.91. The Hall–Kier alpha value is -0.670. The SMILES string of the molecule is CC12CCC3C4CCC(=O)C=C4CCC3C1CCC21OCCO1. The first-order valence-corrected chi connectivity index (χ1v) is 9.64. The molecule has 4 aliphatic carbocycles. The van der Waals surface area contributed by atoms with E-state index in [2.05, 4.69) is 6.92 Å². The Balaban J connectivity index is 1.46. The van der Waals surface area contributed by atoms with Crippen molar-refractivity contribution in [1.82, 2.24) is 0 Å². The number of carbonyl (C=O) groups is 1. The second kappa shape index (κ2) is 4.92. The van der Waals surface area contributed by atoms with Crippen LogP contribution in [0, 0.1) is 29.1 Å². The first kappa shape index (κ1) is 14.7. The quantitative estimate of drug-likeness (QED) is 0.680. The summed E-state index contributed by atoms with van der Waals surface area (Å²) in [6.45, 7) is 3.99. The predicted molar refractivity (Wildman–Crippen MR) is 86.7 cm³/mol. The van der Waals surface area contributed by atoms with Crippen molar-refractivity contribution in [2.75, 3.05) is 13.2 Å². The monoisotopic (exact) mass is 316 g/mol. The van der Waals surface area contributed by atoms with Gasteiger partial charge < -0.3 is 9.47 Å². The minimum Gasteiger partial charge on any atom is -0.347 e. The van der Waals surface area contributed by atoms with Crippen molar-refractivity contribution in [3.8, 4) is 0 Å². The molecule has 5 rings (SSSR count). The minimum absolute atomic E-state index is 0.205. The van der Waals surface area contributed by atoms with Crippen molar-refractivity contribution >= 4 is 5.78 Å². The molecule has 5 aliphatic rings. The molecule has 23 heavy (non-hydrogen) atoms. The lowest BCUT2D eigenvalue weighted by molar-refractivity contribution is -0.240. The third kappa shape index (κ3) is 1.87. The molecular formula is C20H28O3. The zero-order valence-corrected chi connectivity index (χ0v) is 14.2. The van der Waals surface area contributed by atoms with E-state index in [1.165, 1.54) is 31.3 Å². The van der Waals surface area contributed by atoms with Gasteiger partial charge in [0.05, 0.1) is 13.2 Å². The number of allylic oxidation sites excluding steroid dienone is 1. The molecule has 0 aromatic heterocycles. The van der Waals surface area contributed by atoms with Crippen LogP contribution in [-0.4, -0.2) is 24.8 Å². The lowest BCUT2D eigenvalue weighted by Gasteiger charge is -2.55. The Morgan fingerprint density at radius 1 is 1.00 bits per heavy atom. The zero-order valence-electron chi connectivity index (χ0n) is 14.2. The number of hydrogen-bond acceptors (Lipinski definition) is 3. The van der Waals surface area contributed by atoms with Gasteiger partial charge in [0, 0.05) is 18.3 Å². The molecule has 4 fully saturated rings. The molecule has 1 saturated heterocycles. The van der Waals surface area contributed by atoms with E-state index >= 15 is 0 Å². The van der Waals surface area contributed by atoms with Gasteiger partial charge in [0.15, 0.2) is 11.6 Å². The second-order valence-electron chi connectivity index (χ2n) is 8.75. The van der Waals surface area contributed by atoms with Crippen LogP contribution in [-0.2, 0) is 14.3 Å². The van der Waals surface area contributed by atoms with Crippen LogP contribution in [0.5, 0.6) is 0 Å². The highest BCUT2D eigenvalue weighted by Gasteiger charge is 2.65. The molecule has 0 amide bonds. The van der Waals surface area contributed by atoms with Crippen LogP contribution in [0.2, 0.25) is 0 Å². The van der Waals surface area contributed by atoms with Gasteiger partial charge in [-0.3, -0.25) is 4.79 Å². The van der Waals surface area contributed by atoms with Crippen LogP contribution in [0.4, 0.5) is 0 Å². The fourth-order valence-corrected chi connectivity index (χ4v) is 7.07. The molecule has 0 radical (unpaired) electrons. The molecule has 1 aliphatic heterocycles. The lowest BCUT2D eigenvalue weighted by Crippen LogP contribution is -2.53. The fourth-order valence-electron chi connectivity index (χ4n) is 7.07. The second-order valence-corrected chi connectivity index (χ2v) is 8.75.